The highest BCUT2D eigenvalue weighted by atomic mass is 16.7. The average molecular weight is 377 g/mol. The van der Waals surface area contributed by atoms with Crippen molar-refractivity contribution in [3.05, 3.63) is 23.3 Å². The van der Waals surface area contributed by atoms with E-state index in [9.17, 15) is 10.2 Å². The minimum atomic E-state index is -0.756. The molecule has 5 atom stereocenters. The summed E-state index contributed by atoms with van der Waals surface area (Å²) < 4.78 is 11.5. The van der Waals surface area contributed by atoms with Crippen LogP contribution in [0.5, 0.6) is 0 Å². The Bertz CT molecular complexity index is 634. The standard InChI is InChI=1S/C23H36O4/c1-21-11-7-18-17-8-13-23(26-2,27-3)15-16(17)5-6-19(18)20(21)9-12-22(21,25)10-4-14-24/h4,10,18-20,24-25H,5-9,11-15H2,1-3H3/b10-4-/t18?,19?,20?,21-,22-/m0/s1. The van der Waals surface area contributed by atoms with Gasteiger partial charge in [0.1, 0.15) is 0 Å². The summed E-state index contributed by atoms with van der Waals surface area (Å²) in [6.45, 7) is 2.31. The first-order valence-electron chi connectivity index (χ1n) is 10.7. The minimum Gasteiger partial charge on any atom is -0.392 e. The van der Waals surface area contributed by atoms with Crippen LogP contribution in [0.3, 0.4) is 0 Å². The smallest absolute Gasteiger partial charge is 0.171 e. The lowest BCUT2D eigenvalue weighted by atomic mass is 9.52. The molecule has 4 rings (SSSR count). The second-order valence-electron chi connectivity index (χ2n) is 9.54. The summed E-state index contributed by atoms with van der Waals surface area (Å²) >= 11 is 0. The maximum Gasteiger partial charge on any atom is 0.171 e. The average Bonchev–Trinajstić information content (AvgIpc) is 2.97. The Labute approximate surface area is 163 Å². The van der Waals surface area contributed by atoms with Crippen LogP contribution in [0.2, 0.25) is 0 Å². The maximum absolute atomic E-state index is 11.4. The zero-order valence-corrected chi connectivity index (χ0v) is 17.2. The van der Waals surface area contributed by atoms with Crippen LogP contribution in [0.25, 0.3) is 0 Å². The van der Waals surface area contributed by atoms with Crippen molar-refractivity contribution in [2.24, 2.45) is 23.2 Å². The number of ether oxygens (including phenoxy) is 2. The van der Waals surface area contributed by atoms with Crippen molar-refractivity contribution in [3.8, 4) is 0 Å². The fourth-order valence-corrected chi connectivity index (χ4v) is 7.19. The van der Waals surface area contributed by atoms with Crippen molar-refractivity contribution in [1.29, 1.82) is 0 Å². The number of aliphatic hydroxyl groups is 2. The van der Waals surface area contributed by atoms with E-state index in [0.717, 1.165) is 44.9 Å². The Balaban J connectivity index is 1.59. The van der Waals surface area contributed by atoms with Gasteiger partial charge in [0, 0.05) is 32.5 Å². The highest BCUT2D eigenvalue weighted by Crippen LogP contribution is 2.65. The summed E-state index contributed by atoms with van der Waals surface area (Å²) in [7, 11) is 3.54. The summed E-state index contributed by atoms with van der Waals surface area (Å²) in [5.74, 6) is 1.53. The molecule has 0 radical (unpaired) electrons. The van der Waals surface area contributed by atoms with Crippen molar-refractivity contribution in [1.82, 2.24) is 0 Å². The molecular weight excluding hydrogens is 340 g/mol. The molecule has 0 saturated heterocycles. The van der Waals surface area contributed by atoms with Gasteiger partial charge in [-0.1, -0.05) is 30.2 Å². The predicted octanol–water partition coefficient (Wildman–Crippen LogP) is 3.97. The molecule has 0 aromatic rings. The van der Waals surface area contributed by atoms with Crippen LogP contribution in [0.4, 0.5) is 0 Å². The lowest BCUT2D eigenvalue weighted by molar-refractivity contribution is -0.213. The number of allylic oxidation sites excluding steroid dienone is 1. The van der Waals surface area contributed by atoms with E-state index in [1.165, 1.54) is 12.8 Å². The van der Waals surface area contributed by atoms with E-state index in [-0.39, 0.29) is 12.0 Å². The Morgan fingerprint density at radius 2 is 1.85 bits per heavy atom. The van der Waals surface area contributed by atoms with Crippen LogP contribution >= 0.6 is 0 Å². The van der Waals surface area contributed by atoms with Gasteiger partial charge in [-0.3, -0.25) is 0 Å². The normalized spacial score (nSPS) is 43.5. The summed E-state index contributed by atoms with van der Waals surface area (Å²) in [4.78, 5) is 0. The highest BCUT2D eigenvalue weighted by molar-refractivity contribution is 5.29. The molecule has 0 aliphatic heterocycles. The second kappa shape index (κ2) is 6.98. The number of rotatable bonds is 4. The van der Waals surface area contributed by atoms with Crippen molar-refractivity contribution in [3.63, 3.8) is 0 Å². The van der Waals surface area contributed by atoms with E-state index in [4.69, 9.17) is 9.47 Å². The van der Waals surface area contributed by atoms with Gasteiger partial charge in [-0.2, -0.15) is 0 Å². The van der Waals surface area contributed by atoms with E-state index in [1.54, 1.807) is 31.4 Å². The van der Waals surface area contributed by atoms with Gasteiger partial charge in [-0.25, -0.2) is 0 Å². The second-order valence-corrected chi connectivity index (χ2v) is 9.54. The molecule has 4 aliphatic rings. The molecule has 27 heavy (non-hydrogen) atoms. The van der Waals surface area contributed by atoms with E-state index >= 15 is 0 Å². The van der Waals surface area contributed by atoms with E-state index in [1.807, 2.05) is 6.08 Å². The lowest BCUT2D eigenvalue weighted by Gasteiger charge is -2.54. The molecule has 4 heteroatoms. The van der Waals surface area contributed by atoms with Gasteiger partial charge < -0.3 is 19.7 Å². The zero-order chi connectivity index (χ0) is 19.3. The lowest BCUT2D eigenvalue weighted by Crippen LogP contribution is -2.51. The zero-order valence-electron chi connectivity index (χ0n) is 17.2. The van der Waals surface area contributed by atoms with Gasteiger partial charge in [-0.05, 0) is 62.7 Å². The molecule has 0 aromatic carbocycles. The minimum absolute atomic E-state index is 0.00606. The molecule has 4 nitrogen and oxygen atoms in total. The largest absolute Gasteiger partial charge is 0.392 e. The van der Waals surface area contributed by atoms with E-state index < -0.39 is 11.4 Å². The van der Waals surface area contributed by atoms with Crippen molar-refractivity contribution >= 4 is 0 Å². The van der Waals surface area contributed by atoms with Crippen LogP contribution in [-0.4, -0.2) is 42.4 Å². The van der Waals surface area contributed by atoms with Gasteiger partial charge in [-0.15, -0.1) is 0 Å². The summed E-state index contributed by atoms with van der Waals surface area (Å²) in [6.07, 6.45) is 13.2. The van der Waals surface area contributed by atoms with Gasteiger partial charge in [0.15, 0.2) is 5.79 Å². The Morgan fingerprint density at radius 1 is 1.07 bits per heavy atom. The monoisotopic (exact) mass is 376 g/mol. The van der Waals surface area contributed by atoms with Crippen LogP contribution in [0.1, 0.15) is 64.7 Å². The first-order valence-corrected chi connectivity index (χ1v) is 10.7. The van der Waals surface area contributed by atoms with Crippen molar-refractivity contribution in [2.75, 3.05) is 20.8 Å². The molecule has 2 N–H and O–H groups in total. The quantitative estimate of drug-likeness (QED) is 0.576. The van der Waals surface area contributed by atoms with Crippen LogP contribution < -0.4 is 0 Å². The van der Waals surface area contributed by atoms with E-state index in [0.29, 0.717) is 17.8 Å². The molecule has 152 valence electrons. The highest BCUT2D eigenvalue weighted by Gasteiger charge is 2.61. The molecule has 0 aromatic heterocycles. The molecule has 4 aliphatic carbocycles. The van der Waals surface area contributed by atoms with Crippen LogP contribution in [-0.2, 0) is 9.47 Å². The number of fused-ring (bicyclic) bond motifs is 4. The first-order chi connectivity index (χ1) is 12.9. The number of hydrogen-bond donors (Lipinski definition) is 2. The third kappa shape index (κ3) is 2.87. The Morgan fingerprint density at radius 3 is 2.56 bits per heavy atom. The maximum atomic E-state index is 11.4. The Hall–Kier alpha value is -0.680. The molecule has 3 unspecified atom stereocenters. The summed E-state index contributed by atoms with van der Waals surface area (Å²) in [6, 6.07) is 0. The number of hydrogen-bond acceptors (Lipinski definition) is 4. The predicted molar refractivity (Wildman–Crippen MR) is 105 cm³/mol. The topological polar surface area (TPSA) is 58.9 Å². The molecule has 0 heterocycles. The first kappa shape index (κ1) is 19.6. The molecule has 0 bridgehead atoms. The molecule has 0 amide bonds. The van der Waals surface area contributed by atoms with Gasteiger partial charge in [0.05, 0.1) is 12.2 Å². The fraction of sp³-hybridized carbons (Fsp3) is 0.826. The number of methoxy groups -OCH3 is 2. The van der Waals surface area contributed by atoms with Crippen molar-refractivity contribution in [2.45, 2.75) is 76.1 Å². The van der Waals surface area contributed by atoms with Crippen LogP contribution in [0, 0.1) is 23.2 Å². The Kier molecular flexibility index (Phi) is 5.07. The summed E-state index contributed by atoms with van der Waals surface area (Å²) in [5, 5.41) is 20.6. The molecule has 0 spiro atoms. The third-order valence-electron chi connectivity index (χ3n) is 8.83. The van der Waals surface area contributed by atoms with E-state index in [2.05, 4.69) is 6.92 Å². The van der Waals surface area contributed by atoms with Gasteiger partial charge in [0.2, 0.25) is 0 Å². The SMILES string of the molecule is COC1(OC)CCC2=C(CCC3C2CC[C@@]2(C)C3CC[C@@]2(O)/C=C\CO)C1. The molecule has 2 saturated carbocycles. The fourth-order valence-electron chi connectivity index (χ4n) is 7.19. The van der Waals surface area contributed by atoms with Crippen LogP contribution in [0.15, 0.2) is 23.3 Å². The third-order valence-corrected chi connectivity index (χ3v) is 8.83. The molecular formula is C23H36O4. The van der Waals surface area contributed by atoms with Crippen molar-refractivity contribution < 1.29 is 19.7 Å². The van der Waals surface area contributed by atoms with Gasteiger partial charge in [0.25, 0.3) is 0 Å². The molecule has 2 fully saturated rings. The number of aliphatic hydroxyl groups excluding tert-OH is 1. The summed E-state index contributed by atoms with van der Waals surface area (Å²) in [5.41, 5.74) is 2.46. The van der Waals surface area contributed by atoms with Gasteiger partial charge >= 0.3 is 0 Å².